The van der Waals surface area contributed by atoms with Crippen LogP contribution < -0.4 is 0 Å². The van der Waals surface area contributed by atoms with E-state index in [9.17, 15) is 14.3 Å². The van der Waals surface area contributed by atoms with Crippen molar-refractivity contribution in [3.63, 3.8) is 0 Å². The lowest BCUT2D eigenvalue weighted by Gasteiger charge is -2.34. The fraction of sp³-hybridized carbons (Fsp3) is 0.588. The molecule has 1 N–H and O–H groups in total. The van der Waals surface area contributed by atoms with Gasteiger partial charge in [-0.1, -0.05) is 31.9 Å². The third-order valence-electron chi connectivity index (χ3n) is 4.52. The van der Waals surface area contributed by atoms with Crippen LogP contribution in [0.1, 0.15) is 44.6 Å². The fourth-order valence-electron chi connectivity index (χ4n) is 3.51. The minimum atomic E-state index is -0.674. The van der Waals surface area contributed by atoms with E-state index in [2.05, 4.69) is 6.92 Å². The molecule has 0 heterocycles. The van der Waals surface area contributed by atoms with Gasteiger partial charge in [-0.25, -0.2) is 4.39 Å². The van der Waals surface area contributed by atoms with E-state index in [0.717, 1.165) is 37.7 Å². The van der Waals surface area contributed by atoms with Crippen molar-refractivity contribution in [1.82, 2.24) is 0 Å². The van der Waals surface area contributed by atoms with E-state index in [-0.39, 0.29) is 17.7 Å². The van der Waals surface area contributed by atoms with Gasteiger partial charge in [0, 0.05) is 0 Å². The minimum Gasteiger partial charge on any atom is -0.481 e. The molecule has 20 heavy (non-hydrogen) atoms. The molecule has 0 spiro atoms. The molecule has 3 heteroatoms. The Balaban J connectivity index is 2.06. The molecule has 110 valence electrons. The number of hydrogen-bond acceptors (Lipinski definition) is 1. The molecule has 1 saturated carbocycles. The molecule has 2 rings (SSSR count). The van der Waals surface area contributed by atoms with Crippen LogP contribution in [0, 0.1) is 23.6 Å². The maximum atomic E-state index is 12.9. The third kappa shape index (κ3) is 3.81. The Hall–Kier alpha value is -1.38. The number of benzene rings is 1. The number of halogens is 1. The fourth-order valence-corrected chi connectivity index (χ4v) is 3.51. The molecule has 1 fully saturated rings. The Morgan fingerprint density at radius 2 is 2.00 bits per heavy atom. The van der Waals surface area contributed by atoms with Crippen LogP contribution in [0.25, 0.3) is 0 Å². The molecule has 0 radical (unpaired) electrons. The summed E-state index contributed by atoms with van der Waals surface area (Å²) >= 11 is 0. The first-order chi connectivity index (χ1) is 9.60. The van der Waals surface area contributed by atoms with Gasteiger partial charge in [-0.15, -0.1) is 0 Å². The highest BCUT2D eigenvalue weighted by Crippen LogP contribution is 2.38. The van der Waals surface area contributed by atoms with Crippen molar-refractivity contribution in [2.75, 3.05) is 0 Å². The summed E-state index contributed by atoms with van der Waals surface area (Å²) in [6, 6.07) is 6.46. The van der Waals surface area contributed by atoms with Gasteiger partial charge < -0.3 is 5.11 Å². The van der Waals surface area contributed by atoms with Gasteiger partial charge in [0.15, 0.2) is 0 Å². The van der Waals surface area contributed by atoms with Crippen LogP contribution in [0.3, 0.4) is 0 Å². The van der Waals surface area contributed by atoms with E-state index >= 15 is 0 Å². The summed E-state index contributed by atoms with van der Waals surface area (Å²) in [4.78, 5) is 11.4. The Morgan fingerprint density at radius 3 is 2.60 bits per heavy atom. The van der Waals surface area contributed by atoms with Crippen molar-refractivity contribution in [1.29, 1.82) is 0 Å². The summed E-state index contributed by atoms with van der Waals surface area (Å²) in [7, 11) is 0. The zero-order chi connectivity index (χ0) is 14.5. The average molecular weight is 278 g/mol. The summed E-state index contributed by atoms with van der Waals surface area (Å²) in [6.45, 7) is 2.18. The van der Waals surface area contributed by atoms with Gasteiger partial charge in [0.25, 0.3) is 0 Å². The van der Waals surface area contributed by atoms with E-state index in [0.29, 0.717) is 5.92 Å². The molecule has 1 aliphatic rings. The predicted molar refractivity (Wildman–Crippen MR) is 77.0 cm³/mol. The highest BCUT2D eigenvalue weighted by atomic mass is 19.1. The summed E-state index contributed by atoms with van der Waals surface area (Å²) in [6.07, 6.45) is 5.90. The van der Waals surface area contributed by atoms with Crippen LogP contribution in [0.2, 0.25) is 0 Å². The lowest BCUT2D eigenvalue weighted by atomic mass is 9.70. The molecule has 3 atom stereocenters. The van der Waals surface area contributed by atoms with E-state index in [4.69, 9.17) is 0 Å². The quantitative estimate of drug-likeness (QED) is 0.872. The van der Waals surface area contributed by atoms with Crippen LogP contribution in [0.15, 0.2) is 24.3 Å². The largest absolute Gasteiger partial charge is 0.481 e. The van der Waals surface area contributed by atoms with E-state index in [1.165, 1.54) is 18.6 Å². The van der Waals surface area contributed by atoms with Crippen molar-refractivity contribution in [3.05, 3.63) is 35.6 Å². The van der Waals surface area contributed by atoms with Gasteiger partial charge in [0.2, 0.25) is 0 Å². The number of hydrogen-bond donors (Lipinski definition) is 1. The molecule has 0 amide bonds. The molecule has 0 bridgehead atoms. The molecule has 0 aromatic heterocycles. The topological polar surface area (TPSA) is 37.3 Å². The zero-order valence-electron chi connectivity index (χ0n) is 12.0. The van der Waals surface area contributed by atoms with E-state index < -0.39 is 5.97 Å². The van der Waals surface area contributed by atoms with Gasteiger partial charge >= 0.3 is 5.97 Å². The maximum absolute atomic E-state index is 12.9. The number of rotatable bonds is 5. The molecule has 1 aliphatic carbocycles. The predicted octanol–water partition coefficient (Wildman–Crippen LogP) is 4.29. The first-order valence-corrected chi connectivity index (χ1v) is 7.57. The summed E-state index contributed by atoms with van der Waals surface area (Å²) < 4.78 is 12.9. The molecule has 3 unspecified atom stereocenters. The van der Waals surface area contributed by atoms with Crippen molar-refractivity contribution < 1.29 is 14.3 Å². The second kappa shape index (κ2) is 6.87. The standard InChI is InChI=1S/C17H23FO2/c1-2-3-12-6-9-16(17(19)20)14(10-12)11-13-4-7-15(18)8-5-13/h4-5,7-8,12,14,16H,2-3,6,9-11H2,1H3,(H,19,20). The monoisotopic (exact) mass is 278 g/mol. The minimum absolute atomic E-state index is 0.184. The molecule has 2 nitrogen and oxygen atoms in total. The van der Waals surface area contributed by atoms with Crippen LogP contribution >= 0.6 is 0 Å². The number of aliphatic carboxylic acids is 1. The Kier molecular flexibility index (Phi) is 5.16. The second-order valence-corrected chi connectivity index (χ2v) is 6.00. The highest BCUT2D eigenvalue weighted by Gasteiger charge is 2.34. The summed E-state index contributed by atoms with van der Waals surface area (Å²) in [5.41, 5.74) is 1.04. The molecule has 0 aliphatic heterocycles. The van der Waals surface area contributed by atoms with Gasteiger partial charge in [0.1, 0.15) is 5.82 Å². The molecule has 1 aromatic carbocycles. The lowest BCUT2D eigenvalue weighted by Crippen LogP contribution is -2.32. The Labute approximate surface area is 120 Å². The van der Waals surface area contributed by atoms with E-state index in [1.54, 1.807) is 12.1 Å². The van der Waals surface area contributed by atoms with Gasteiger partial charge in [-0.3, -0.25) is 4.79 Å². The van der Waals surface area contributed by atoms with Crippen molar-refractivity contribution in [3.8, 4) is 0 Å². The van der Waals surface area contributed by atoms with Crippen LogP contribution in [-0.4, -0.2) is 11.1 Å². The second-order valence-electron chi connectivity index (χ2n) is 6.00. The van der Waals surface area contributed by atoms with Gasteiger partial charge in [0.05, 0.1) is 5.92 Å². The summed E-state index contributed by atoms with van der Waals surface area (Å²) in [5, 5.41) is 9.39. The molecular weight excluding hydrogens is 255 g/mol. The average Bonchev–Trinajstić information content (AvgIpc) is 2.42. The normalized spacial score (nSPS) is 26.4. The zero-order valence-corrected chi connectivity index (χ0v) is 12.0. The summed E-state index contributed by atoms with van der Waals surface area (Å²) in [5.74, 6) is -0.319. The number of carbonyl (C=O) groups is 1. The first-order valence-electron chi connectivity index (χ1n) is 7.57. The van der Waals surface area contributed by atoms with Crippen molar-refractivity contribution in [2.45, 2.75) is 45.4 Å². The Bertz CT molecular complexity index is 441. The van der Waals surface area contributed by atoms with E-state index in [1.807, 2.05) is 0 Å². The third-order valence-corrected chi connectivity index (χ3v) is 4.52. The highest BCUT2D eigenvalue weighted by molar-refractivity contribution is 5.70. The van der Waals surface area contributed by atoms with Crippen LogP contribution in [0.5, 0.6) is 0 Å². The Morgan fingerprint density at radius 1 is 1.30 bits per heavy atom. The van der Waals surface area contributed by atoms with Crippen molar-refractivity contribution in [2.24, 2.45) is 17.8 Å². The molecule has 1 aromatic rings. The van der Waals surface area contributed by atoms with Crippen LogP contribution in [0.4, 0.5) is 4.39 Å². The lowest BCUT2D eigenvalue weighted by molar-refractivity contribution is -0.145. The smallest absolute Gasteiger partial charge is 0.306 e. The van der Waals surface area contributed by atoms with Crippen LogP contribution in [-0.2, 0) is 11.2 Å². The number of carboxylic acid groups (broad SMARTS) is 1. The SMILES string of the molecule is CCCC1CCC(C(=O)O)C(Cc2ccc(F)cc2)C1. The number of carboxylic acids is 1. The first kappa shape index (κ1) is 15.0. The van der Waals surface area contributed by atoms with Crippen molar-refractivity contribution >= 4 is 5.97 Å². The van der Waals surface area contributed by atoms with Gasteiger partial charge in [-0.2, -0.15) is 0 Å². The molecule has 0 saturated heterocycles. The maximum Gasteiger partial charge on any atom is 0.306 e. The molecular formula is C17H23FO2. The van der Waals surface area contributed by atoms with Gasteiger partial charge in [-0.05, 0) is 55.2 Å².